The van der Waals surface area contributed by atoms with Crippen molar-refractivity contribution in [3.63, 3.8) is 0 Å². The maximum atomic E-state index is 11.6. The van der Waals surface area contributed by atoms with E-state index in [1.807, 2.05) is 6.92 Å². The molecule has 3 fully saturated rings. The first-order valence-corrected chi connectivity index (χ1v) is 9.60. The van der Waals surface area contributed by atoms with E-state index in [0.29, 0.717) is 23.9 Å². The number of ketones is 1. The van der Waals surface area contributed by atoms with Gasteiger partial charge in [-0.2, -0.15) is 0 Å². The minimum Gasteiger partial charge on any atom is -0.377 e. The van der Waals surface area contributed by atoms with Crippen LogP contribution in [0.3, 0.4) is 0 Å². The molecule has 4 aliphatic rings. The van der Waals surface area contributed by atoms with Gasteiger partial charge in [0.2, 0.25) is 0 Å². The Morgan fingerprint density at radius 2 is 2.04 bits per heavy atom. The third-order valence-electron chi connectivity index (χ3n) is 6.49. The second kappa shape index (κ2) is 6.74. The van der Waals surface area contributed by atoms with Crippen LogP contribution in [0.2, 0.25) is 0 Å². The molecular weight excluding hydrogens is 300 g/mol. The van der Waals surface area contributed by atoms with Crippen molar-refractivity contribution in [3.8, 4) is 0 Å². The van der Waals surface area contributed by atoms with E-state index in [1.54, 1.807) is 0 Å². The van der Waals surface area contributed by atoms with Gasteiger partial charge in [-0.15, -0.1) is 0 Å². The van der Waals surface area contributed by atoms with Gasteiger partial charge in [-0.3, -0.25) is 4.79 Å². The highest BCUT2D eigenvalue weighted by molar-refractivity contribution is 5.97. The van der Waals surface area contributed by atoms with Crippen LogP contribution in [0.1, 0.15) is 39.0 Å². The van der Waals surface area contributed by atoms with Crippen molar-refractivity contribution in [2.45, 2.75) is 45.1 Å². The third-order valence-corrected chi connectivity index (χ3v) is 6.49. The van der Waals surface area contributed by atoms with Gasteiger partial charge in [0, 0.05) is 31.5 Å². The molecule has 0 radical (unpaired) electrons. The summed E-state index contributed by atoms with van der Waals surface area (Å²) in [5, 5.41) is 3.38. The van der Waals surface area contributed by atoms with Crippen LogP contribution in [0, 0.1) is 11.3 Å². The van der Waals surface area contributed by atoms with Crippen LogP contribution in [0.4, 0.5) is 0 Å². The Labute approximate surface area is 145 Å². The average Bonchev–Trinajstić information content (AvgIpc) is 2.51. The number of carbonyl (C=O) groups is 1. The molecule has 4 nitrogen and oxygen atoms in total. The van der Waals surface area contributed by atoms with E-state index in [-0.39, 0.29) is 5.78 Å². The molecule has 0 atom stereocenters. The molecule has 0 aromatic rings. The summed E-state index contributed by atoms with van der Waals surface area (Å²) < 4.78 is 6.05. The van der Waals surface area contributed by atoms with E-state index in [1.165, 1.54) is 44.3 Å². The molecule has 0 unspecified atom stereocenters. The summed E-state index contributed by atoms with van der Waals surface area (Å²) in [6.45, 7) is 8.63. The molecule has 1 spiro atoms. The molecule has 24 heavy (non-hydrogen) atoms. The van der Waals surface area contributed by atoms with Gasteiger partial charge in [0.25, 0.3) is 0 Å². The number of allylic oxidation sites excluding steroid dienone is 4. The molecule has 4 heteroatoms. The van der Waals surface area contributed by atoms with Gasteiger partial charge in [0.15, 0.2) is 5.78 Å². The Morgan fingerprint density at radius 1 is 1.29 bits per heavy atom. The molecule has 2 aliphatic heterocycles. The smallest absolute Gasteiger partial charge is 0.162 e. The fourth-order valence-electron chi connectivity index (χ4n) is 4.68. The van der Waals surface area contributed by atoms with Crippen LogP contribution >= 0.6 is 0 Å². The van der Waals surface area contributed by atoms with Crippen molar-refractivity contribution < 1.29 is 9.53 Å². The Morgan fingerprint density at radius 3 is 2.67 bits per heavy atom. The van der Waals surface area contributed by atoms with Crippen molar-refractivity contribution in [1.82, 2.24) is 10.2 Å². The van der Waals surface area contributed by atoms with E-state index >= 15 is 0 Å². The Hall–Kier alpha value is -0.970. The topological polar surface area (TPSA) is 41.6 Å². The van der Waals surface area contributed by atoms with Crippen molar-refractivity contribution in [2.75, 3.05) is 39.3 Å². The zero-order valence-corrected chi connectivity index (χ0v) is 14.9. The number of piperidine rings is 1. The number of hydrogen-bond donors (Lipinski definition) is 1. The molecule has 2 heterocycles. The molecule has 2 aliphatic carbocycles. The summed E-state index contributed by atoms with van der Waals surface area (Å²) in [5.41, 5.74) is 2.95. The van der Waals surface area contributed by atoms with Crippen LogP contribution in [0.15, 0.2) is 23.3 Å². The largest absolute Gasteiger partial charge is 0.377 e. The number of nitrogens with zero attached hydrogens (tertiary/aromatic N) is 1. The molecule has 132 valence electrons. The number of rotatable bonds is 5. The lowest BCUT2D eigenvalue weighted by Gasteiger charge is -2.54. The highest BCUT2D eigenvalue weighted by Gasteiger charge is 2.48. The standard InChI is InChI=1S/C20H30N2O2/c1-15-10-17(2-3-19(15)23)16-4-6-22(7-5-16)8-9-24-18-11-20(12-18)13-21-14-20/h2,10,16,18,21H,3-9,11-14H2,1H3. The maximum Gasteiger partial charge on any atom is 0.162 e. The fraction of sp³-hybridized carbons (Fsp3) is 0.750. The van der Waals surface area contributed by atoms with Gasteiger partial charge in [-0.25, -0.2) is 0 Å². The van der Waals surface area contributed by atoms with Gasteiger partial charge in [0.1, 0.15) is 0 Å². The summed E-state index contributed by atoms with van der Waals surface area (Å²) in [7, 11) is 0. The van der Waals surface area contributed by atoms with Gasteiger partial charge in [0.05, 0.1) is 12.7 Å². The average molecular weight is 330 g/mol. The van der Waals surface area contributed by atoms with Crippen LogP contribution in [0.5, 0.6) is 0 Å². The summed E-state index contributed by atoms with van der Waals surface area (Å²) in [6, 6.07) is 0. The third kappa shape index (κ3) is 3.37. The number of likely N-dealkylation sites (tertiary alicyclic amines) is 1. The Bertz CT molecular complexity index is 546. The molecule has 2 saturated heterocycles. The summed E-state index contributed by atoms with van der Waals surface area (Å²) >= 11 is 0. The van der Waals surface area contributed by atoms with E-state index in [4.69, 9.17) is 4.74 Å². The molecule has 1 saturated carbocycles. The minimum absolute atomic E-state index is 0.281. The van der Waals surface area contributed by atoms with Crippen molar-refractivity contribution in [2.24, 2.45) is 11.3 Å². The Kier molecular flexibility index (Phi) is 4.63. The van der Waals surface area contributed by atoms with E-state index in [9.17, 15) is 4.79 Å². The lowest BCUT2D eigenvalue weighted by Crippen LogP contribution is -2.62. The highest BCUT2D eigenvalue weighted by atomic mass is 16.5. The lowest BCUT2D eigenvalue weighted by molar-refractivity contribution is -0.114. The number of hydrogen-bond acceptors (Lipinski definition) is 4. The quantitative estimate of drug-likeness (QED) is 0.840. The highest BCUT2D eigenvalue weighted by Crippen LogP contribution is 2.45. The van der Waals surface area contributed by atoms with Gasteiger partial charge < -0.3 is 15.0 Å². The van der Waals surface area contributed by atoms with Crippen LogP contribution in [-0.4, -0.2) is 56.1 Å². The van der Waals surface area contributed by atoms with Gasteiger partial charge in [-0.05, 0) is 62.8 Å². The van der Waals surface area contributed by atoms with Gasteiger partial charge in [-0.1, -0.05) is 12.2 Å². The van der Waals surface area contributed by atoms with E-state index in [0.717, 1.165) is 31.8 Å². The first-order chi connectivity index (χ1) is 11.6. The molecule has 1 N–H and O–H groups in total. The van der Waals surface area contributed by atoms with Crippen molar-refractivity contribution in [3.05, 3.63) is 23.3 Å². The minimum atomic E-state index is 0.281. The predicted octanol–water partition coefficient (Wildman–Crippen LogP) is 2.31. The first kappa shape index (κ1) is 16.5. The number of ether oxygens (including phenoxy) is 1. The van der Waals surface area contributed by atoms with Crippen molar-refractivity contribution in [1.29, 1.82) is 0 Å². The second-order valence-corrected chi connectivity index (χ2v) is 8.28. The number of nitrogens with one attached hydrogen (secondary N) is 1. The number of Topliss-reactive ketones (excluding diaryl/α,β-unsaturated/α-hetero) is 1. The second-order valence-electron chi connectivity index (χ2n) is 8.28. The van der Waals surface area contributed by atoms with Crippen LogP contribution in [0.25, 0.3) is 0 Å². The molecule has 0 aromatic heterocycles. The zero-order valence-electron chi connectivity index (χ0n) is 14.9. The van der Waals surface area contributed by atoms with Crippen molar-refractivity contribution >= 4 is 5.78 Å². The summed E-state index contributed by atoms with van der Waals surface area (Å²) in [6.07, 6.45) is 10.3. The molecule has 0 aromatic carbocycles. The molecule has 4 rings (SSSR count). The van der Waals surface area contributed by atoms with Crippen LogP contribution < -0.4 is 5.32 Å². The monoisotopic (exact) mass is 330 g/mol. The summed E-state index contributed by atoms with van der Waals surface area (Å²) in [4.78, 5) is 14.1. The summed E-state index contributed by atoms with van der Waals surface area (Å²) in [5.74, 6) is 0.923. The van der Waals surface area contributed by atoms with E-state index < -0.39 is 0 Å². The Balaban J connectivity index is 1.14. The maximum absolute atomic E-state index is 11.6. The fourth-order valence-corrected chi connectivity index (χ4v) is 4.68. The van der Waals surface area contributed by atoms with Crippen LogP contribution in [-0.2, 0) is 9.53 Å². The SMILES string of the molecule is CC1=CC(C2CCN(CCOC3CC4(CNC4)C3)CC2)=CCC1=O. The lowest BCUT2D eigenvalue weighted by atomic mass is 9.63. The normalized spacial score (nSPS) is 28.3. The predicted molar refractivity (Wildman–Crippen MR) is 94.9 cm³/mol. The van der Waals surface area contributed by atoms with Gasteiger partial charge >= 0.3 is 0 Å². The molecular formula is C20H30N2O2. The number of carbonyl (C=O) groups excluding carboxylic acids is 1. The molecule has 0 amide bonds. The molecule has 0 bridgehead atoms. The van der Waals surface area contributed by atoms with E-state index in [2.05, 4.69) is 22.4 Å². The first-order valence-electron chi connectivity index (χ1n) is 9.60. The zero-order chi connectivity index (χ0) is 16.6.